The van der Waals surface area contributed by atoms with Gasteiger partial charge in [0, 0.05) is 0 Å². The summed E-state index contributed by atoms with van der Waals surface area (Å²) in [5.74, 6) is -2.59. The third-order valence-electron chi connectivity index (χ3n) is 4.98. The molecule has 0 radical (unpaired) electrons. The standard InChI is InChI=1S/C25H17BrFN3O6/c26-18-12-14(5-10-21(18)36-13-22(32)28-20-4-2-1-3-19(20)27)11-17-23(33)29-25(35)30(24(17)34)15-6-8-16(31)9-7-15/h1-12,31H,13H2,(H,28,32)(H,29,33,35)/b17-11-. The Kier molecular flexibility index (Phi) is 7.11. The SMILES string of the molecule is O=C(COc1ccc(/C=C2/C(=O)NC(=O)N(c3ccc(O)cc3)C2=O)cc1Br)Nc1ccccc1F. The number of carbonyl (C=O) groups excluding carboxylic acids is 4. The lowest BCUT2D eigenvalue weighted by molar-refractivity contribution is -0.122. The number of carbonyl (C=O) groups is 4. The van der Waals surface area contributed by atoms with Crippen molar-refractivity contribution in [1.29, 1.82) is 0 Å². The van der Waals surface area contributed by atoms with Gasteiger partial charge in [0.25, 0.3) is 17.7 Å². The predicted molar refractivity (Wildman–Crippen MR) is 132 cm³/mol. The van der Waals surface area contributed by atoms with Crippen LogP contribution in [0.1, 0.15) is 5.56 Å². The van der Waals surface area contributed by atoms with E-state index >= 15 is 0 Å². The summed E-state index contributed by atoms with van der Waals surface area (Å²) in [6, 6.07) is 14.8. The van der Waals surface area contributed by atoms with Crippen LogP contribution in [-0.2, 0) is 14.4 Å². The van der Waals surface area contributed by atoms with Crippen molar-refractivity contribution < 1.29 is 33.4 Å². The number of phenolic OH excluding ortho intramolecular Hbond substituents is 1. The zero-order valence-electron chi connectivity index (χ0n) is 18.3. The highest BCUT2D eigenvalue weighted by Crippen LogP contribution is 2.28. The summed E-state index contributed by atoms with van der Waals surface area (Å²) in [5, 5.41) is 14.0. The molecule has 0 aromatic heterocycles. The van der Waals surface area contributed by atoms with Gasteiger partial charge < -0.3 is 15.2 Å². The first-order chi connectivity index (χ1) is 17.2. The van der Waals surface area contributed by atoms with E-state index in [-0.39, 0.29) is 22.7 Å². The molecule has 4 rings (SSSR count). The van der Waals surface area contributed by atoms with E-state index in [1.165, 1.54) is 54.6 Å². The number of rotatable bonds is 6. The van der Waals surface area contributed by atoms with Crippen LogP contribution in [0.3, 0.4) is 0 Å². The molecule has 0 atom stereocenters. The number of amides is 5. The fraction of sp³-hybridized carbons (Fsp3) is 0.0400. The van der Waals surface area contributed by atoms with Crippen molar-refractivity contribution in [2.24, 2.45) is 0 Å². The van der Waals surface area contributed by atoms with Crippen LogP contribution >= 0.6 is 15.9 Å². The van der Waals surface area contributed by atoms with Crippen molar-refractivity contribution in [3.63, 3.8) is 0 Å². The molecule has 182 valence electrons. The molecule has 0 aliphatic carbocycles. The summed E-state index contributed by atoms with van der Waals surface area (Å²) in [7, 11) is 0. The van der Waals surface area contributed by atoms with E-state index in [0.717, 1.165) is 4.90 Å². The number of nitrogens with one attached hydrogen (secondary N) is 2. The third-order valence-corrected chi connectivity index (χ3v) is 5.60. The first kappa shape index (κ1) is 24.6. The van der Waals surface area contributed by atoms with E-state index in [4.69, 9.17) is 4.74 Å². The molecule has 3 aromatic carbocycles. The van der Waals surface area contributed by atoms with E-state index in [2.05, 4.69) is 26.6 Å². The molecule has 0 saturated carbocycles. The summed E-state index contributed by atoms with van der Waals surface area (Å²) in [6.07, 6.45) is 1.30. The van der Waals surface area contributed by atoms with Gasteiger partial charge in [0.1, 0.15) is 22.9 Å². The normalized spacial score (nSPS) is 14.6. The number of phenols is 1. The molecule has 1 aliphatic rings. The van der Waals surface area contributed by atoms with Crippen LogP contribution < -0.4 is 20.3 Å². The molecular weight excluding hydrogens is 537 g/mol. The van der Waals surface area contributed by atoms with E-state index in [9.17, 15) is 28.7 Å². The van der Waals surface area contributed by atoms with Gasteiger partial charge in [-0.2, -0.15) is 0 Å². The van der Waals surface area contributed by atoms with Gasteiger partial charge in [-0.05, 0) is 76.1 Å². The summed E-state index contributed by atoms with van der Waals surface area (Å²) in [6.45, 7) is -0.391. The highest BCUT2D eigenvalue weighted by Gasteiger charge is 2.36. The fourth-order valence-electron chi connectivity index (χ4n) is 3.28. The molecule has 0 spiro atoms. The lowest BCUT2D eigenvalue weighted by Gasteiger charge is -2.26. The first-order valence-corrected chi connectivity index (χ1v) is 11.2. The second-order valence-electron chi connectivity index (χ2n) is 7.48. The van der Waals surface area contributed by atoms with Gasteiger partial charge >= 0.3 is 6.03 Å². The summed E-state index contributed by atoms with van der Waals surface area (Å²) < 4.78 is 19.6. The molecule has 1 heterocycles. The zero-order valence-corrected chi connectivity index (χ0v) is 19.9. The Labute approximate surface area is 212 Å². The van der Waals surface area contributed by atoms with Gasteiger partial charge in [0.15, 0.2) is 6.61 Å². The first-order valence-electron chi connectivity index (χ1n) is 10.4. The highest BCUT2D eigenvalue weighted by molar-refractivity contribution is 9.10. The maximum absolute atomic E-state index is 13.7. The number of para-hydroxylation sites is 1. The number of nitrogens with zero attached hydrogens (tertiary/aromatic N) is 1. The van der Waals surface area contributed by atoms with Crippen LogP contribution in [0, 0.1) is 5.82 Å². The smallest absolute Gasteiger partial charge is 0.335 e. The molecule has 3 aromatic rings. The lowest BCUT2D eigenvalue weighted by Crippen LogP contribution is -2.54. The van der Waals surface area contributed by atoms with Gasteiger partial charge in [-0.25, -0.2) is 14.1 Å². The van der Waals surface area contributed by atoms with Crippen molar-refractivity contribution in [2.75, 3.05) is 16.8 Å². The lowest BCUT2D eigenvalue weighted by atomic mass is 10.1. The van der Waals surface area contributed by atoms with Crippen LogP contribution in [0.5, 0.6) is 11.5 Å². The van der Waals surface area contributed by atoms with Gasteiger partial charge in [0.05, 0.1) is 15.8 Å². The molecular formula is C25H17BrFN3O6. The van der Waals surface area contributed by atoms with Crippen LogP contribution in [0.2, 0.25) is 0 Å². The molecule has 1 aliphatic heterocycles. The number of imide groups is 2. The summed E-state index contributed by atoms with van der Waals surface area (Å²) in [5.41, 5.74) is 0.353. The summed E-state index contributed by atoms with van der Waals surface area (Å²) >= 11 is 3.32. The molecule has 1 fully saturated rings. The second-order valence-corrected chi connectivity index (χ2v) is 8.34. The molecule has 11 heteroatoms. The minimum absolute atomic E-state index is 0.0300. The third kappa shape index (κ3) is 5.41. The average Bonchev–Trinajstić information content (AvgIpc) is 2.84. The van der Waals surface area contributed by atoms with Crippen LogP contribution in [0.25, 0.3) is 6.08 Å². The van der Waals surface area contributed by atoms with E-state index < -0.39 is 36.2 Å². The number of benzene rings is 3. The number of hydrogen-bond acceptors (Lipinski definition) is 6. The van der Waals surface area contributed by atoms with Crippen molar-refractivity contribution in [2.45, 2.75) is 0 Å². The van der Waals surface area contributed by atoms with Crippen molar-refractivity contribution in [1.82, 2.24) is 5.32 Å². The minimum Gasteiger partial charge on any atom is -0.508 e. The van der Waals surface area contributed by atoms with Crippen LogP contribution in [0.15, 0.2) is 76.8 Å². The number of aromatic hydroxyl groups is 1. The number of halogens is 2. The number of hydrogen-bond donors (Lipinski definition) is 3. The number of ether oxygens (including phenoxy) is 1. The maximum atomic E-state index is 13.7. The minimum atomic E-state index is -0.911. The zero-order chi connectivity index (χ0) is 25.8. The largest absolute Gasteiger partial charge is 0.508 e. The quantitative estimate of drug-likeness (QED) is 0.313. The number of urea groups is 1. The molecule has 0 bridgehead atoms. The van der Waals surface area contributed by atoms with E-state index in [0.29, 0.717) is 15.8 Å². The molecule has 5 amide bonds. The molecule has 9 nitrogen and oxygen atoms in total. The van der Waals surface area contributed by atoms with Crippen molar-refractivity contribution in [3.8, 4) is 11.5 Å². The van der Waals surface area contributed by atoms with Gasteiger partial charge in [-0.3, -0.25) is 19.7 Å². The second kappa shape index (κ2) is 10.4. The number of barbiturate groups is 1. The Hall–Kier alpha value is -4.51. The van der Waals surface area contributed by atoms with E-state index in [1.54, 1.807) is 18.2 Å². The summed E-state index contributed by atoms with van der Waals surface area (Å²) in [4.78, 5) is 50.4. The Morgan fingerprint density at radius 3 is 2.50 bits per heavy atom. The Morgan fingerprint density at radius 2 is 1.81 bits per heavy atom. The topological polar surface area (TPSA) is 125 Å². The van der Waals surface area contributed by atoms with Crippen LogP contribution in [0.4, 0.5) is 20.6 Å². The fourth-order valence-corrected chi connectivity index (χ4v) is 3.79. The van der Waals surface area contributed by atoms with Crippen molar-refractivity contribution >= 4 is 57.1 Å². The van der Waals surface area contributed by atoms with Gasteiger partial charge in [0.2, 0.25) is 0 Å². The monoisotopic (exact) mass is 553 g/mol. The van der Waals surface area contributed by atoms with Gasteiger partial charge in [-0.15, -0.1) is 0 Å². The van der Waals surface area contributed by atoms with Crippen molar-refractivity contribution in [3.05, 3.63) is 88.2 Å². The van der Waals surface area contributed by atoms with Gasteiger partial charge in [-0.1, -0.05) is 18.2 Å². The Bertz CT molecular complexity index is 1410. The predicted octanol–water partition coefficient (Wildman–Crippen LogP) is 3.98. The molecule has 1 saturated heterocycles. The van der Waals surface area contributed by atoms with Crippen LogP contribution in [-0.4, -0.2) is 35.5 Å². The highest BCUT2D eigenvalue weighted by atomic mass is 79.9. The Balaban J connectivity index is 1.48. The number of anilines is 2. The molecule has 0 unspecified atom stereocenters. The molecule has 36 heavy (non-hydrogen) atoms. The average molecular weight is 554 g/mol. The van der Waals surface area contributed by atoms with E-state index in [1.807, 2.05) is 0 Å². The molecule has 3 N–H and O–H groups in total. The maximum Gasteiger partial charge on any atom is 0.335 e. The Morgan fingerprint density at radius 1 is 1.08 bits per heavy atom.